The summed E-state index contributed by atoms with van der Waals surface area (Å²) < 4.78 is 1.14. The number of carboxylic acid groups (broad SMARTS) is 1. The van der Waals surface area contributed by atoms with Gasteiger partial charge in [-0.25, -0.2) is 9.36 Å². The maximum atomic E-state index is 12.4. The van der Waals surface area contributed by atoms with Crippen molar-refractivity contribution in [2.24, 2.45) is 7.05 Å². The van der Waals surface area contributed by atoms with Crippen LogP contribution in [0.1, 0.15) is 31.3 Å². The summed E-state index contributed by atoms with van der Waals surface area (Å²) in [5, 5.41) is 20.0. The number of likely N-dealkylation sites (N-methyl/N-ethyl adjacent to an activating group) is 1. The zero-order valence-corrected chi connectivity index (χ0v) is 11.8. The fraction of sp³-hybridized carbons (Fsp3) is 0.500. The van der Waals surface area contributed by atoms with Gasteiger partial charge in [0.25, 0.3) is 5.91 Å². The minimum Gasteiger partial charge on any atom is -0.480 e. The molecule has 8 heteroatoms. The second-order valence-corrected chi connectivity index (χ2v) is 4.81. The summed E-state index contributed by atoms with van der Waals surface area (Å²) >= 11 is 0. The summed E-state index contributed by atoms with van der Waals surface area (Å²) in [6.45, 7) is 4.65. The number of amides is 1. The minimum atomic E-state index is -1.40. The second-order valence-electron chi connectivity index (χ2n) is 4.81. The Labute approximate surface area is 115 Å². The summed E-state index contributed by atoms with van der Waals surface area (Å²) in [6, 6.07) is 2.54. The van der Waals surface area contributed by atoms with Gasteiger partial charge in [0.1, 0.15) is 5.54 Å². The van der Waals surface area contributed by atoms with Crippen LogP contribution in [0.2, 0.25) is 0 Å². The fourth-order valence-corrected chi connectivity index (χ4v) is 1.95. The Balaban J connectivity index is 3.23. The van der Waals surface area contributed by atoms with Crippen LogP contribution in [0, 0.1) is 10.1 Å². The number of nitro groups is 1. The molecule has 0 saturated heterocycles. The number of carbonyl (C=O) groups excluding carboxylic acids is 1. The topological polar surface area (TPSA) is 106 Å². The lowest BCUT2D eigenvalue weighted by atomic mass is 10.0. The van der Waals surface area contributed by atoms with Crippen molar-refractivity contribution in [1.82, 2.24) is 9.47 Å². The van der Waals surface area contributed by atoms with Gasteiger partial charge in [0, 0.05) is 12.6 Å². The van der Waals surface area contributed by atoms with Crippen molar-refractivity contribution < 1.29 is 19.6 Å². The van der Waals surface area contributed by atoms with Crippen molar-refractivity contribution in [3.63, 3.8) is 0 Å². The molecule has 1 aromatic heterocycles. The molecule has 1 N–H and O–H groups in total. The zero-order chi connectivity index (χ0) is 15.7. The highest BCUT2D eigenvalue weighted by Crippen LogP contribution is 2.21. The number of hydrogen-bond donors (Lipinski definition) is 1. The standard InChI is InChI=1S/C12H17N3O5/c1-5-14(12(2,3)11(17)18)10(16)8-6-7-9(13(8)4)15(19)20/h6-7H,5H2,1-4H3,(H,17,18). The van der Waals surface area contributed by atoms with Gasteiger partial charge in [0.05, 0.1) is 7.05 Å². The number of rotatable bonds is 5. The van der Waals surface area contributed by atoms with Crippen LogP contribution in [-0.2, 0) is 11.8 Å². The third kappa shape index (κ3) is 2.49. The van der Waals surface area contributed by atoms with E-state index >= 15 is 0 Å². The summed E-state index contributed by atoms with van der Waals surface area (Å²) in [6.07, 6.45) is 0. The number of hydrogen-bond acceptors (Lipinski definition) is 4. The Hall–Kier alpha value is -2.38. The van der Waals surface area contributed by atoms with E-state index in [2.05, 4.69) is 0 Å². The van der Waals surface area contributed by atoms with Gasteiger partial charge in [-0.05, 0) is 31.8 Å². The molecule has 1 amide bonds. The molecule has 0 aliphatic rings. The first-order chi connectivity index (χ1) is 9.14. The van der Waals surface area contributed by atoms with Crippen LogP contribution in [0.4, 0.5) is 5.82 Å². The first kappa shape index (κ1) is 15.7. The van der Waals surface area contributed by atoms with Gasteiger partial charge in [-0.1, -0.05) is 0 Å². The molecule has 8 nitrogen and oxygen atoms in total. The lowest BCUT2D eigenvalue weighted by molar-refractivity contribution is -0.391. The number of carbonyl (C=O) groups is 2. The molecule has 1 aromatic rings. The van der Waals surface area contributed by atoms with E-state index in [-0.39, 0.29) is 18.1 Å². The van der Waals surface area contributed by atoms with Crippen LogP contribution in [-0.4, -0.2) is 43.5 Å². The Kier molecular flexibility index (Phi) is 4.17. The van der Waals surface area contributed by atoms with Gasteiger partial charge in [0.15, 0.2) is 5.69 Å². The lowest BCUT2D eigenvalue weighted by Gasteiger charge is -2.33. The quantitative estimate of drug-likeness (QED) is 0.646. The largest absolute Gasteiger partial charge is 0.480 e. The third-order valence-corrected chi connectivity index (χ3v) is 3.26. The molecule has 0 aliphatic heterocycles. The molecule has 20 heavy (non-hydrogen) atoms. The van der Waals surface area contributed by atoms with Crippen molar-refractivity contribution in [1.29, 1.82) is 0 Å². The second kappa shape index (κ2) is 5.32. The highest BCUT2D eigenvalue weighted by Gasteiger charge is 2.39. The van der Waals surface area contributed by atoms with E-state index in [1.807, 2.05) is 0 Å². The molecule has 0 unspecified atom stereocenters. The Morgan fingerprint density at radius 2 is 2.00 bits per heavy atom. The van der Waals surface area contributed by atoms with E-state index in [0.717, 1.165) is 9.47 Å². The Morgan fingerprint density at radius 3 is 2.35 bits per heavy atom. The maximum absolute atomic E-state index is 12.4. The smallest absolute Gasteiger partial charge is 0.329 e. The molecule has 0 atom stereocenters. The van der Waals surface area contributed by atoms with Crippen LogP contribution in [0.25, 0.3) is 0 Å². The van der Waals surface area contributed by atoms with Crippen molar-refractivity contribution in [3.8, 4) is 0 Å². The molecule has 0 aromatic carbocycles. The van der Waals surface area contributed by atoms with Gasteiger partial charge >= 0.3 is 11.8 Å². The van der Waals surface area contributed by atoms with Crippen LogP contribution in [0.15, 0.2) is 12.1 Å². The van der Waals surface area contributed by atoms with E-state index < -0.39 is 22.3 Å². The van der Waals surface area contributed by atoms with Crippen LogP contribution < -0.4 is 0 Å². The molecule has 0 fully saturated rings. The Bertz CT molecular complexity index is 561. The fourth-order valence-electron chi connectivity index (χ4n) is 1.95. The average molecular weight is 283 g/mol. The van der Waals surface area contributed by atoms with Gasteiger partial charge < -0.3 is 20.1 Å². The van der Waals surface area contributed by atoms with E-state index in [9.17, 15) is 24.8 Å². The zero-order valence-electron chi connectivity index (χ0n) is 11.8. The van der Waals surface area contributed by atoms with Crippen molar-refractivity contribution in [2.45, 2.75) is 26.3 Å². The highest BCUT2D eigenvalue weighted by molar-refractivity contribution is 5.97. The van der Waals surface area contributed by atoms with E-state index in [0.29, 0.717) is 0 Å². The molecule has 0 radical (unpaired) electrons. The van der Waals surface area contributed by atoms with Crippen LogP contribution in [0.5, 0.6) is 0 Å². The number of aliphatic carboxylic acids is 1. The van der Waals surface area contributed by atoms with E-state index in [1.54, 1.807) is 6.92 Å². The third-order valence-electron chi connectivity index (χ3n) is 3.26. The Morgan fingerprint density at radius 1 is 1.45 bits per heavy atom. The molecular formula is C12H17N3O5. The number of carboxylic acids is 1. The van der Waals surface area contributed by atoms with Gasteiger partial charge in [-0.3, -0.25) is 4.79 Å². The van der Waals surface area contributed by atoms with E-state index in [1.165, 1.54) is 33.0 Å². The van der Waals surface area contributed by atoms with Crippen LogP contribution >= 0.6 is 0 Å². The number of nitrogens with zero attached hydrogens (tertiary/aromatic N) is 3. The van der Waals surface area contributed by atoms with Crippen molar-refractivity contribution in [2.75, 3.05) is 6.54 Å². The van der Waals surface area contributed by atoms with Crippen molar-refractivity contribution in [3.05, 3.63) is 27.9 Å². The van der Waals surface area contributed by atoms with Crippen molar-refractivity contribution >= 4 is 17.7 Å². The summed E-state index contributed by atoms with van der Waals surface area (Å²) in [4.78, 5) is 35.0. The maximum Gasteiger partial charge on any atom is 0.329 e. The lowest BCUT2D eigenvalue weighted by Crippen LogP contribution is -2.53. The molecule has 0 bridgehead atoms. The average Bonchev–Trinajstić information content (AvgIpc) is 2.71. The van der Waals surface area contributed by atoms with Gasteiger partial charge in [-0.2, -0.15) is 0 Å². The SMILES string of the molecule is CCN(C(=O)c1ccc([N+](=O)[O-])n1C)C(C)(C)C(=O)O. The molecule has 1 heterocycles. The number of aromatic nitrogens is 1. The van der Waals surface area contributed by atoms with Gasteiger partial charge in [-0.15, -0.1) is 0 Å². The predicted molar refractivity (Wildman–Crippen MR) is 70.5 cm³/mol. The van der Waals surface area contributed by atoms with E-state index in [4.69, 9.17) is 0 Å². The predicted octanol–water partition coefficient (Wildman–Crippen LogP) is 1.26. The molecule has 0 saturated carbocycles. The minimum absolute atomic E-state index is 0.0767. The normalized spacial score (nSPS) is 11.2. The first-order valence-corrected chi connectivity index (χ1v) is 6.00. The molecule has 110 valence electrons. The summed E-state index contributed by atoms with van der Waals surface area (Å²) in [5.41, 5.74) is -1.32. The van der Waals surface area contributed by atoms with Gasteiger partial charge in [0.2, 0.25) is 0 Å². The summed E-state index contributed by atoms with van der Waals surface area (Å²) in [5.74, 6) is -1.93. The summed E-state index contributed by atoms with van der Waals surface area (Å²) in [7, 11) is 1.40. The monoisotopic (exact) mass is 283 g/mol. The molecular weight excluding hydrogens is 266 g/mol. The highest BCUT2D eigenvalue weighted by atomic mass is 16.6. The molecule has 0 aliphatic carbocycles. The van der Waals surface area contributed by atoms with Crippen LogP contribution in [0.3, 0.4) is 0 Å². The first-order valence-electron chi connectivity index (χ1n) is 6.00. The molecule has 1 rings (SSSR count). The molecule has 0 spiro atoms.